The molecule has 1 amide bonds. The smallest absolute Gasteiger partial charge is 0.223 e. The topological polar surface area (TPSA) is 67.6 Å². The molecule has 2 unspecified atom stereocenters. The van der Waals surface area contributed by atoms with E-state index in [1.54, 1.807) is 14.2 Å². The summed E-state index contributed by atoms with van der Waals surface area (Å²) in [5, 5.41) is 2.67. The van der Waals surface area contributed by atoms with Crippen LogP contribution in [0.4, 0.5) is 0 Å². The Balaban J connectivity index is 2.87. The summed E-state index contributed by atoms with van der Waals surface area (Å²) in [4.78, 5) is 13.7. The zero-order valence-corrected chi connectivity index (χ0v) is 12.7. The summed E-state index contributed by atoms with van der Waals surface area (Å²) in [5.41, 5.74) is 6.96. The average Bonchev–Trinajstić information content (AvgIpc) is 2.47. The summed E-state index contributed by atoms with van der Waals surface area (Å²) in [6.07, 6.45) is 0. The molecule has 0 aliphatic carbocycles. The number of carbonyl (C=O) groups excluding carboxylic acids is 1. The predicted octanol–water partition coefficient (Wildman–Crippen LogP) is 1.01. The van der Waals surface area contributed by atoms with Gasteiger partial charge in [-0.15, -0.1) is 0 Å². The minimum Gasteiger partial charge on any atom is -0.496 e. The van der Waals surface area contributed by atoms with Crippen molar-refractivity contribution in [3.63, 3.8) is 0 Å². The minimum absolute atomic E-state index is 0.0262. The van der Waals surface area contributed by atoms with Crippen molar-refractivity contribution < 1.29 is 9.53 Å². The summed E-state index contributed by atoms with van der Waals surface area (Å²) < 4.78 is 5.39. The van der Waals surface area contributed by atoms with Gasteiger partial charge in [0.25, 0.3) is 0 Å². The number of carbonyl (C=O) groups is 1. The van der Waals surface area contributed by atoms with Gasteiger partial charge >= 0.3 is 0 Å². The molecular formula is C15H25N3O2. The third-order valence-corrected chi connectivity index (χ3v) is 3.51. The van der Waals surface area contributed by atoms with E-state index in [1.165, 1.54) is 0 Å². The lowest BCUT2D eigenvalue weighted by Crippen LogP contribution is -2.38. The number of hydrogen-bond donors (Lipinski definition) is 2. The van der Waals surface area contributed by atoms with Gasteiger partial charge in [0.05, 0.1) is 13.2 Å². The van der Waals surface area contributed by atoms with Gasteiger partial charge in [-0.25, -0.2) is 0 Å². The molecule has 2 atom stereocenters. The largest absolute Gasteiger partial charge is 0.496 e. The molecule has 0 bridgehead atoms. The van der Waals surface area contributed by atoms with E-state index in [0.29, 0.717) is 13.1 Å². The Bertz CT molecular complexity index is 437. The lowest BCUT2D eigenvalue weighted by molar-refractivity contribution is -0.124. The number of para-hydroxylation sites is 1. The molecule has 0 heterocycles. The zero-order valence-electron chi connectivity index (χ0n) is 12.7. The van der Waals surface area contributed by atoms with Crippen LogP contribution in [-0.2, 0) is 4.79 Å². The van der Waals surface area contributed by atoms with Crippen molar-refractivity contribution in [1.82, 2.24) is 10.2 Å². The van der Waals surface area contributed by atoms with Gasteiger partial charge in [0.2, 0.25) is 5.91 Å². The van der Waals surface area contributed by atoms with E-state index in [2.05, 4.69) is 10.2 Å². The highest BCUT2D eigenvalue weighted by Gasteiger charge is 2.22. The van der Waals surface area contributed by atoms with Crippen molar-refractivity contribution >= 4 is 5.91 Å². The van der Waals surface area contributed by atoms with E-state index < -0.39 is 0 Å². The number of methoxy groups -OCH3 is 1. The summed E-state index contributed by atoms with van der Waals surface area (Å²) in [6, 6.07) is 7.86. The fraction of sp³-hybridized carbons (Fsp3) is 0.533. The van der Waals surface area contributed by atoms with Gasteiger partial charge in [-0.1, -0.05) is 25.1 Å². The van der Waals surface area contributed by atoms with E-state index >= 15 is 0 Å². The SMILES string of the molecule is CNC(=O)C(C)CN(C)C(CN)c1ccccc1OC. The number of amides is 1. The highest BCUT2D eigenvalue weighted by atomic mass is 16.5. The normalized spacial score (nSPS) is 13.9. The molecule has 0 aliphatic rings. The van der Waals surface area contributed by atoms with Crippen LogP contribution in [0.25, 0.3) is 0 Å². The maximum atomic E-state index is 11.6. The van der Waals surface area contributed by atoms with Crippen LogP contribution in [0.5, 0.6) is 5.75 Å². The van der Waals surface area contributed by atoms with Crippen LogP contribution >= 0.6 is 0 Å². The molecule has 3 N–H and O–H groups in total. The highest BCUT2D eigenvalue weighted by molar-refractivity contribution is 5.78. The first-order chi connectivity index (χ1) is 9.54. The van der Waals surface area contributed by atoms with Crippen molar-refractivity contribution in [2.24, 2.45) is 11.7 Å². The lowest BCUT2D eigenvalue weighted by atomic mass is 10.0. The van der Waals surface area contributed by atoms with Gasteiger partial charge in [-0.2, -0.15) is 0 Å². The molecule has 1 rings (SSSR count). The number of nitrogens with two attached hydrogens (primary N) is 1. The van der Waals surface area contributed by atoms with Gasteiger partial charge in [0, 0.05) is 31.6 Å². The molecule has 0 saturated carbocycles. The van der Waals surface area contributed by atoms with Crippen LogP contribution in [-0.4, -0.2) is 45.1 Å². The summed E-state index contributed by atoms with van der Waals surface area (Å²) in [5.74, 6) is 0.767. The maximum Gasteiger partial charge on any atom is 0.223 e. The molecule has 0 saturated heterocycles. The monoisotopic (exact) mass is 279 g/mol. The molecule has 0 aromatic heterocycles. The first-order valence-corrected chi connectivity index (χ1v) is 6.79. The lowest BCUT2D eigenvalue weighted by Gasteiger charge is -2.30. The Hall–Kier alpha value is -1.59. The maximum absolute atomic E-state index is 11.6. The van der Waals surface area contributed by atoms with Gasteiger partial charge < -0.3 is 15.8 Å². The van der Waals surface area contributed by atoms with Gasteiger partial charge in [0.15, 0.2) is 0 Å². The van der Waals surface area contributed by atoms with Gasteiger partial charge in [-0.05, 0) is 13.1 Å². The van der Waals surface area contributed by atoms with Crippen molar-refractivity contribution in [1.29, 1.82) is 0 Å². The Morgan fingerprint density at radius 2 is 2.10 bits per heavy atom. The molecule has 0 radical (unpaired) electrons. The summed E-state index contributed by atoms with van der Waals surface area (Å²) >= 11 is 0. The van der Waals surface area contributed by atoms with E-state index in [-0.39, 0.29) is 17.9 Å². The van der Waals surface area contributed by atoms with Crippen molar-refractivity contribution in [3.05, 3.63) is 29.8 Å². The van der Waals surface area contributed by atoms with Crippen LogP contribution < -0.4 is 15.8 Å². The minimum atomic E-state index is -0.0891. The second-order valence-corrected chi connectivity index (χ2v) is 4.95. The van der Waals surface area contributed by atoms with Crippen molar-refractivity contribution in [3.8, 4) is 5.75 Å². The van der Waals surface area contributed by atoms with Crippen LogP contribution in [0.1, 0.15) is 18.5 Å². The number of rotatable bonds is 7. The van der Waals surface area contributed by atoms with Crippen LogP contribution in [0.2, 0.25) is 0 Å². The second-order valence-electron chi connectivity index (χ2n) is 4.95. The van der Waals surface area contributed by atoms with Crippen molar-refractivity contribution in [2.45, 2.75) is 13.0 Å². The second kappa shape index (κ2) is 7.87. The standard InChI is InChI=1S/C15H25N3O2/c1-11(15(19)17-2)10-18(3)13(9-16)12-7-5-6-8-14(12)20-4/h5-8,11,13H,9-10,16H2,1-4H3,(H,17,19). The molecule has 112 valence electrons. The quantitative estimate of drug-likeness (QED) is 0.781. The van der Waals surface area contributed by atoms with Crippen molar-refractivity contribution in [2.75, 3.05) is 34.3 Å². The molecule has 1 aromatic carbocycles. The third kappa shape index (κ3) is 3.95. The number of hydrogen-bond acceptors (Lipinski definition) is 4. The van der Waals surface area contributed by atoms with E-state index in [0.717, 1.165) is 11.3 Å². The third-order valence-electron chi connectivity index (χ3n) is 3.51. The van der Waals surface area contributed by atoms with Gasteiger partial charge in [0.1, 0.15) is 5.75 Å². The number of benzene rings is 1. The van der Waals surface area contributed by atoms with Gasteiger partial charge in [-0.3, -0.25) is 9.69 Å². The van der Waals surface area contributed by atoms with Crippen LogP contribution in [0.15, 0.2) is 24.3 Å². The molecule has 1 aromatic rings. The molecular weight excluding hydrogens is 254 g/mol. The molecule has 0 aliphatic heterocycles. The Labute approximate surface area is 121 Å². The number of ether oxygens (including phenoxy) is 1. The van der Waals surface area contributed by atoms with E-state index in [4.69, 9.17) is 10.5 Å². The molecule has 20 heavy (non-hydrogen) atoms. The predicted molar refractivity (Wildman–Crippen MR) is 80.7 cm³/mol. The first kappa shape index (κ1) is 16.5. The molecule has 0 fully saturated rings. The molecule has 5 heteroatoms. The molecule has 5 nitrogen and oxygen atoms in total. The first-order valence-electron chi connectivity index (χ1n) is 6.79. The fourth-order valence-corrected chi connectivity index (χ4v) is 2.37. The van der Waals surface area contributed by atoms with E-state index in [1.807, 2.05) is 38.2 Å². The van der Waals surface area contributed by atoms with Crippen LogP contribution in [0, 0.1) is 5.92 Å². The summed E-state index contributed by atoms with van der Waals surface area (Å²) in [6.45, 7) is 3.02. The summed E-state index contributed by atoms with van der Waals surface area (Å²) in [7, 11) is 5.28. The Morgan fingerprint density at radius 3 is 2.65 bits per heavy atom. The Kier molecular flexibility index (Phi) is 6.48. The molecule has 0 spiro atoms. The number of likely N-dealkylation sites (N-methyl/N-ethyl adjacent to an activating group) is 1. The van der Waals surface area contributed by atoms with Crippen LogP contribution in [0.3, 0.4) is 0 Å². The number of nitrogens with one attached hydrogen (secondary N) is 1. The average molecular weight is 279 g/mol. The number of nitrogens with zero attached hydrogens (tertiary/aromatic N) is 1. The van der Waals surface area contributed by atoms with E-state index in [9.17, 15) is 4.79 Å². The fourth-order valence-electron chi connectivity index (χ4n) is 2.37. The highest BCUT2D eigenvalue weighted by Crippen LogP contribution is 2.28. The zero-order chi connectivity index (χ0) is 15.1. The Morgan fingerprint density at radius 1 is 1.45 bits per heavy atom.